The molecule has 2 aromatic rings. The van der Waals surface area contributed by atoms with Crippen molar-refractivity contribution >= 4 is 45.9 Å². The first-order valence-electron chi connectivity index (χ1n) is 6.46. The van der Waals surface area contributed by atoms with Crippen LogP contribution < -0.4 is 5.43 Å². The minimum absolute atomic E-state index is 0.585. The Bertz CT molecular complexity index is 608. The van der Waals surface area contributed by atoms with Crippen molar-refractivity contribution < 1.29 is 0 Å². The molecule has 1 aromatic heterocycles. The Balaban J connectivity index is 1.73. The predicted molar refractivity (Wildman–Crippen MR) is 86.4 cm³/mol. The summed E-state index contributed by atoms with van der Waals surface area (Å²) in [5, 5.41) is 6.18. The van der Waals surface area contributed by atoms with E-state index in [2.05, 4.69) is 15.5 Å². The van der Waals surface area contributed by atoms with E-state index in [0.717, 1.165) is 18.0 Å². The van der Waals surface area contributed by atoms with Gasteiger partial charge in [-0.3, -0.25) is 5.43 Å². The molecule has 0 radical (unpaired) electrons. The van der Waals surface area contributed by atoms with Gasteiger partial charge in [0.15, 0.2) is 0 Å². The van der Waals surface area contributed by atoms with Gasteiger partial charge in [-0.15, -0.1) is 11.3 Å². The quantitative estimate of drug-likeness (QED) is 0.651. The second-order valence-electron chi connectivity index (χ2n) is 4.60. The van der Waals surface area contributed by atoms with E-state index in [1.54, 1.807) is 29.7 Å². The largest absolute Gasteiger partial charge is 0.253 e. The molecular formula is C14H13Cl2N3S. The number of rotatable bonds is 3. The lowest BCUT2D eigenvalue weighted by Gasteiger charge is -2.06. The molecule has 6 heteroatoms. The molecule has 1 heterocycles. The summed E-state index contributed by atoms with van der Waals surface area (Å²) >= 11 is 13.8. The van der Waals surface area contributed by atoms with E-state index in [-0.39, 0.29) is 0 Å². The first-order chi connectivity index (χ1) is 9.74. The Kier molecular flexibility index (Phi) is 4.24. The van der Waals surface area contributed by atoms with Crippen molar-refractivity contribution in [2.75, 3.05) is 5.43 Å². The molecule has 0 spiro atoms. The summed E-state index contributed by atoms with van der Waals surface area (Å²) in [5.74, 6) is 0. The fourth-order valence-electron chi connectivity index (χ4n) is 2.19. The zero-order chi connectivity index (χ0) is 13.9. The second kappa shape index (κ2) is 6.12. The number of anilines is 1. The molecule has 20 heavy (non-hydrogen) atoms. The lowest BCUT2D eigenvalue weighted by Crippen LogP contribution is -1.99. The predicted octanol–water partition coefficient (Wildman–Crippen LogP) is 4.77. The smallest absolute Gasteiger partial charge is 0.203 e. The van der Waals surface area contributed by atoms with Crippen molar-refractivity contribution in [3.8, 4) is 0 Å². The van der Waals surface area contributed by atoms with Crippen LogP contribution in [0.15, 0.2) is 23.3 Å². The Morgan fingerprint density at radius 1 is 1.20 bits per heavy atom. The molecule has 1 aliphatic rings. The highest BCUT2D eigenvalue weighted by Gasteiger charge is 2.14. The molecule has 0 fully saturated rings. The van der Waals surface area contributed by atoms with E-state index < -0.39 is 0 Å². The average Bonchev–Trinajstić information content (AvgIpc) is 2.84. The van der Waals surface area contributed by atoms with Gasteiger partial charge in [-0.05, 0) is 37.8 Å². The fraction of sp³-hybridized carbons (Fsp3) is 0.286. The summed E-state index contributed by atoms with van der Waals surface area (Å²) in [7, 11) is 0. The third-order valence-corrected chi connectivity index (χ3v) is 4.92. The number of hydrogen-bond acceptors (Lipinski definition) is 4. The van der Waals surface area contributed by atoms with Gasteiger partial charge >= 0.3 is 0 Å². The molecule has 104 valence electrons. The molecular weight excluding hydrogens is 313 g/mol. The van der Waals surface area contributed by atoms with Gasteiger partial charge in [0.25, 0.3) is 0 Å². The summed E-state index contributed by atoms with van der Waals surface area (Å²) in [6.45, 7) is 0. The first kappa shape index (κ1) is 13.9. The third kappa shape index (κ3) is 2.97. The molecule has 3 nitrogen and oxygen atoms in total. The Labute approximate surface area is 131 Å². The van der Waals surface area contributed by atoms with Gasteiger partial charge in [-0.25, -0.2) is 4.98 Å². The maximum Gasteiger partial charge on any atom is 0.203 e. The minimum Gasteiger partial charge on any atom is -0.253 e. The van der Waals surface area contributed by atoms with Crippen LogP contribution in [0.3, 0.4) is 0 Å². The van der Waals surface area contributed by atoms with Crippen LogP contribution in [-0.2, 0) is 12.8 Å². The SMILES string of the molecule is Clc1cccc(Cl)c1/C=N/Nc1nc2c(s1)CCCC2. The summed E-state index contributed by atoms with van der Waals surface area (Å²) in [6.07, 6.45) is 6.33. The number of nitrogens with zero attached hydrogens (tertiary/aromatic N) is 2. The number of nitrogens with one attached hydrogen (secondary N) is 1. The van der Waals surface area contributed by atoms with Crippen LogP contribution in [-0.4, -0.2) is 11.2 Å². The van der Waals surface area contributed by atoms with Crippen LogP contribution in [0.25, 0.3) is 0 Å². The molecule has 1 aromatic carbocycles. The van der Waals surface area contributed by atoms with E-state index in [1.807, 2.05) is 6.07 Å². The number of aromatic nitrogens is 1. The van der Waals surface area contributed by atoms with Crippen molar-refractivity contribution in [2.24, 2.45) is 5.10 Å². The van der Waals surface area contributed by atoms with Gasteiger partial charge in [0.1, 0.15) is 0 Å². The normalized spacial score (nSPS) is 14.5. The Morgan fingerprint density at radius 3 is 2.70 bits per heavy atom. The standard InChI is InChI=1S/C14H13Cl2N3S/c15-10-4-3-5-11(16)9(10)8-17-19-14-18-12-6-1-2-7-13(12)20-14/h3-5,8H,1-2,6-7H2,(H,18,19)/b17-8+. The lowest BCUT2D eigenvalue weighted by molar-refractivity contribution is 0.682. The van der Waals surface area contributed by atoms with E-state index in [4.69, 9.17) is 23.2 Å². The molecule has 1 N–H and O–H groups in total. The van der Waals surface area contributed by atoms with Crippen molar-refractivity contribution in [3.05, 3.63) is 44.4 Å². The number of thiazole rings is 1. The summed E-state index contributed by atoms with van der Waals surface area (Å²) < 4.78 is 0. The van der Waals surface area contributed by atoms with Crippen molar-refractivity contribution in [1.29, 1.82) is 0 Å². The first-order valence-corrected chi connectivity index (χ1v) is 8.03. The van der Waals surface area contributed by atoms with Gasteiger partial charge in [0, 0.05) is 10.4 Å². The van der Waals surface area contributed by atoms with Crippen molar-refractivity contribution in [2.45, 2.75) is 25.7 Å². The molecule has 0 bridgehead atoms. The van der Waals surface area contributed by atoms with Crippen molar-refractivity contribution in [1.82, 2.24) is 4.98 Å². The molecule has 3 rings (SSSR count). The zero-order valence-electron chi connectivity index (χ0n) is 10.7. The molecule has 0 saturated carbocycles. The maximum absolute atomic E-state index is 6.08. The van der Waals surface area contributed by atoms with E-state index in [0.29, 0.717) is 15.6 Å². The minimum atomic E-state index is 0.585. The highest BCUT2D eigenvalue weighted by molar-refractivity contribution is 7.15. The van der Waals surface area contributed by atoms with Gasteiger partial charge in [-0.2, -0.15) is 5.10 Å². The molecule has 0 aliphatic heterocycles. The average molecular weight is 326 g/mol. The fourth-order valence-corrected chi connectivity index (χ4v) is 3.68. The lowest BCUT2D eigenvalue weighted by atomic mass is 10.0. The molecule has 0 amide bonds. The maximum atomic E-state index is 6.08. The number of aryl methyl sites for hydroxylation is 2. The van der Waals surface area contributed by atoms with E-state index >= 15 is 0 Å². The van der Waals surface area contributed by atoms with Gasteiger partial charge < -0.3 is 0 Å². The monoisotopic (exact) mass is 325 g/mol. The van der Waals surface area contributed by atoms with Crippen LogP contribution in [0.1, 0.15) is 29.0 Å². The van der Waals surface area contributed by atoms with Gasteiger partial charge in [-0.1, -0.05) is 29.3 Å². The summed E-state index contributed by atoms with van der Waals surface area (Å²) in [5.41, 5.74) is 4.89. The molecule has 0 atom stereocenters. The number of hydrazone groups is 1. The highest BCUT2D eigenvalue weighted by Crippen LogP contribution is 2.29. The third-order valence-electron chi connectivity index (χ3n) is 3.20. The number of hydrogen-bond donors (Lipinski definition) is 1. The summed E-state index contributed by atoms with van der Waals surface area (Å²) in [4.78, 5) is 5.93. The summed E-state index contributed by atoms with van der Waals surface area (Å²) in [6, 6.07) is 5.39. The topological polar surface area (TPSA) is 37.3 Å². The van der Waals surface area contributed by atoms with E-state index in [1.165, 1.54) is 23.4 Å². The zero-order valence-corrected chi connectivity index (χ0v) is 13.0. The number of benzene rings is 1. The second-order valence-corrected chi connectivity index (χ2v) is 6.50. The molecule has 0 saturated heterocycles. The van der Waals surface area contributed by atoms with E-state index in [9.17, 15) is 0 Å². The Morgan fingerprint density at radius 2 is 1.95 bits per heavy atom. The molecule has 1 aliphatic carbocycles. The van der Waals surface area contributed by atoms with Crippen LogP contribution in [0, 0.1) is 0 Å². The number of halogens is 2. The number of fused-ring (bicyclic) bond motifs is 1. The highest BCUT2D eigenvalue weighted by atomic mass is 35.5. The van der Waals surface area contributed by atoms with Gasteiger partial charge in [0.2, 0.25) is 5.13 Å². The van der Waals surface area contributed by atoms with Crippen LogP contribution >= 0.6 is 34.5 Å². The molecule has 0 unspecified atom stereocenters. The van der Waals surface area contributed by atoms with Crippen LogP contribution in [0.2, 0.25) is 10.0 Å². The van der Waals surface area contributed by atoms with Crippen LogP contribution in [0.4, 0.5) is 5.13 Å². The van der Waals surface area contributed by atoms with Crippen molar-refractivity contribution in [3.63, 3.8) is 0 Å². The van der Waals surface area contributed by atoms with Gasteiger partial charge in [0.05, 0.1) is 22.0 Å². The Hall–Kier alpha value is -1.10. The van der Waals surface area contributed by atoms with Crippen LogP contribution in [0.5, 0.6) is 0 Å².